The average Bonchev–Trinajstić information content (AvgIpc) is 2.36. The summed E-state index contributed by atoms with van der Waals surface area (Å²) in [7, 11) is 0. The van der Waals surface area contributed by atoms with Crippen molar-refractivity contribution < 1.29 is 9.59 Å². The van der Waals surface area contributed by atoms with Crippen molar-refractivity contribution in [2.75, 3.05) is 6.54 Å². The van der Waals surface area contributed by atoms with E-state index in [4.69, 9.17) is 5.73 Å². The van der Waals surface area contributed by atoms with E-state index in [1.165, 1.54) is 16.7 Å². The van der Waals surface area contributed by atoms with Crippen molar-refractivity contribution in [1.82, 2.24) is 10.2 Å². The Hall–Kier alpha value is -1.40. The number of imide groups is 1. The number of carbonyl (C=O) groups is 2. The highest BCUT2D eigenvalue weighted by Gasteiger charge is 2.26. The Bertz CT molecular complexity index is 560. The maximum absolute atomic E-state index is 11.8. The molecule has 3 amide bonds. The molecule has 1 aromatic rings. The van der Waals surface area contributed by atoms with E-state index in [0.29, 0.717) is 6.54 Å². The largest absolute Gasteiger partial charge is 0.351 e. The van der Waals surface area contributed by atoms with Gasteiger partial charge in [0.15, 0.2) is 0 Å². The monoisotopic (exact) mass is 339 g/mol. The Balaban J connectivity index is 2.14. The van der Waals surface area contributed by atoms with Gasteiger partial charge in [-0.15, -0.1) is 0 Å². The van der Waals surface area contributed by atoms with Gasteiger partial charge < -0.3 is 5.73 Å². The van der Waals surface area contributed by atoms with Crippen molar-refractivity contribution in [2.24, 2.45) is 5.73 Å². The maximum Gasteiger partial charge on any atom is 0.318 e. The van der Waals surface area contributed by atoms with Crippen LogP contribution in [0.2, 0.25) is 0 Å². The van der Waals surface area contributed by atoms with Crippen LogP contribution < -0.4 is 11.1 Å². The number of nitrogens with one attached hydrogen (secondary N) is 1. The molecule has 0 bridgehead atoms. The van der Waals surface area contributed by atoms with E-state index in [-0.39, 0.29) is 11.9 Å². The van der Waals surface area contributed by atoms with Gasteiger partial charge in [0.2, 0.25) is 5.91 Å². The number of rotatable bonds is 2. The highest BCUT2D eigenvalue weighted by Crippen LogP contribution is 2.28. The highest BCUT2D eigenvalue weighted by atomic mass is 79.9. The first kappa shape index (κ1) is 15.0. The van der Waals surface area contributed by atoms with Crippen LogP contribution in [0.4, 0.5) is 4.79 Å². The van der Waals surface area contributed by atoms with Crippen LogP contribution >= 0.6 is 15.9 Å². The van der Waals surface area contributed by atoms with Gasteiger partial charge in [-0.3, -0.25) is 15.0 Å². The number of fused-ring (bicyclic) bond motifs is 1. The molecule has 0 spiro atoms. The molecule has 108 valence electrons. The van der Waals surface area contributed by atoms with Crippen LogP contribution in [0.1, 0.15) is 23.6 Å². The molecule has 6 heteroatoms. The number of urea groups is 1. The fraction of sp³-hybridized carbons (Fsp3) is 0.429. The standard InChI is InChI=1S/C14H18BrN3O2/c1-8-5-10-7-18(4-3-11(10)12(15)6-8)9(2)13(19)17-14(16)20/h5-6,9H,3-4,7H2,1-2H3,(H3,16,17,19,20)/t9-/m0/s1. The molecule has 20 heavy (non-hydrogen) atoms. The quantitative estimate of drug-likeness (QED) is 0.860. The Kier molecular flexibility index (Phi) is 4.45. The van der Waals surface area contributed by atoms with Crippen molar-refractivity contribution in [1.29, 1.82) is 0 Å². The van der Waals surface area contributed by atoms with E-state index >= 15 is 0 Å². The van der Waals surface area contributed by atoms with E-state index in [0.717, 1.165) is 17.4 Å². The van der Waals surface area contributed by atoms with Gasteiger partial charge in [0.1, 0.15) is 0 Å². The zero-order valence-electron chi connectivity index (χ0n) is 11.6. The number of halogens is 1. The van der Waals surface area contributed by atoms with Gasteiger partial charge in [-0.25, -0.2) is 4.79 Å². The molecule has 1 aliphatic rings. The minimum Gasteiger partial charge on any atom is -0.351 e. The molecule has 0 aromatic heterocycles. The third-order valence-electron chi connectivity index (χ3n) is 3.63. The summed E-state index contributed by atoms with van der Waals surface area (Å²) >= 11 is 3.59. The van der Waals surface area contributed by atoms with Crippen LogP contribution in [0.5, 0.6) is 0 Å². The van der Waals surface area contributed by atoms with Crippen LogP contribution in [0.3, 0.4) is 0 Å². The Morgan fingerprint density at radius 2 is 2.15 bits per heavy atom. The first-order valence-electron chi connectivity index (χ1n) is 6.50. The van der Waals surface area contributed by atoms with Gasteiger partial charge in [0.05, 0.1) is 6.04 Å². The van der Waals surface area contributed by atoms with Crippen LogP contribution in [-0.2, 0) is 17.8 Å². The lowest BCUT2D eigenvalue weighted by atomic mass is 9.96. The summed E-state index contributed by atoms with van der Waals surface area (Å²) in [5.74, 6) is -0.354. The van der Waals surface area contributed by atoms with Gasteiger partial charge >= 0.3 is 6.03 Å². The molecular formula is C14H18BrN3O2. The molecule has 1 aromatic carbocycles. The fourth-order valence-electron chi connectivity index (χ4n) is 2.54. The van der Waals surface area contributed by atoms with Crippen molar-refractivity contribution in [3.05, 3.63) is 33.3 Å². The third kappa shape index (κ3) is 3.19. The van der Waals surface area contributed by atoms with Gasteiger partial charge in [-0.2, -0.15) is 0 Å². The summed E-state index contributed by atoms with van der Waals surface area (Å²) in [6, 6.07) is 3.07. The second-order valence-corrected chi connectivity index (χ2v) is 5.99. The molecule has 0 aliphatic carbocycles. The normalized spacial score (nSPS) is 16.4. The molecule has 1 atom stereocenters. The number of aryl methyl sites for hydroxylation is 1. The lowest BCUT2D eigenvalue weighted by Gasteiger charge is -2.33. The molecule has 2 rings (SSSR count). The molecule has 0 radical (unpaired) electrons. The highest BCUT2D eigenvalue weighted by molar-refractivity contribution is 9.10. The summed E-state index contributed by atoms with van der Waals surface area (Å²) < 4.78 is 1.13. The summed E-state index contributed by atoms with van der Waals surface area (Å²) in [4.78, 5) is 24.6. The number of hydrogen-bond acceptors (Lipinski definition) is 3. The van der Waals surface area contributed by atoms with E-state index in [2.05, 4.69) is 33.4 Å². The number of carbonyl (C=O) groups excluding carboxylic acids is 2. The summed E-state index contributed by atoms with van der Waals surface area (Å²) in [5.41, 5.74) is 8.69. The summed E-state index contributed by atoms with van der Waals surface area (Å²) in [6.07, 6.45) is 0.879. The van der Waals surface area contributed by atoms with Gasteiger partial charge in [-0.1, -0.05) is 22.0 Å². The number of nitrogens with two attached hydrogens (primary N) is 1. The Morgan fingerprint density at radius 1 is 1.45 bits per heavy atom. The Labute approximate surface area is 126 Å². The zero-order valence-corrected chi connectivity index (χ0v) is 13.2. The second-order valence-electron chi connectivity index (χ2n) is 5.13. The lowest BCUT2D eigenvalue weighted by Crippen LogP contribution is -2.49. The molecule has 3 N–H and O–H groups in total. The Morgan fingerprint density at radius 3 is 2.80 bits per heavy atom. The van der Waals surface area contributed by atoms with Crippen molar-refractivity contribution in [2.45, 2.75) is 32.9 Å². The summed E-state index contributed by atoms with van der Waals surface area (Å²) in [6.45, 7) is 5.31. The average molecular weight is 340 g/mol. The van der Waals surface area contributed by atoms with Crippen molar-refractivity contribution >= 4 is 27.9 Å². The number of hydrogen-bond donors (Lipinski definition) is 2. The molecule has 0 saturated carbocycles. The van der Waals surface area contributed by atoms with Crippen LogP contribution in [0.15, 0.2) is 16.6 Å². The number of primary amides is 1. The predicted octanol–water partition coefficient (Wildman–Crippen LogP) is 1.70. The lowest BCUT2D eigenvalue weighted by molar-refractivity contribution is -0.125. The van der Waals surface area contributed by atoms with Crippen molar-refractivity contribution in [3.63, 3.8) is 0 Å². The minimum atomic E-state index is -0.808. The van der Waals surface area contributed by atoms with Crippen LogP contribution in [0.25, 0.3) is 0 Å². The van der Waals surface area contributed by atoms with E-state index < -0.39 is 6.03 Å². The SMILES string of the molecule is Cc1cc(Br)c2c(c1)CN([C@@H](C)C(=O)NC(N)=O)CC2. The molecule has 1 aliphatic heterocycles. The molecular weight excluding hydrogens is 322 g/mol. The predicted molar refractivity (Wildman–Crippen MR) is 80.2 cm³/mol. The van der Waals surface area contributed by atoms with Crippen LogP contribution in [-0.4, -0.2) is 29.4 Å². The molecule has 1 heterocycles. The number of benzene rings is 1. The topological polar surface area (TPSA) is 75.4 Å². The first-order chi connectivity index (χ1) is 9.38. The maximum atomic E-state index is 11.8. The van der Waals surface area contributed by atoms with E-state index in [1.807, 2.05) is 11.8 Å². The molecule has 5 nitrogen and oxygen atoms in total. The first-order valence-corrected chi connectivity index (χ1v) is 7.30. The van der Waals surface area contributed by atoms with E-state index in [1.54, 1.807) is 6.92 Å². The molecule has 0 unspecified atom stereocenters. The van der Waals surface area contributed by atoms with E-state index in [9.17, 15) is 9.59 Å². The smallest absolute Gasteiger partial charge is 0.318 e. The number of nitrogens with zero attached hydrogens (tertiary/aromatic N) is 1. The second kappa shape index (κ2) is 5.93. The van der Waals surface area contributed by atoms with Gasteiger partial charge in [-0.05, 0) is 43.0 Å². The third-order valence-corrected chi connectivity index (χ3v) is 4.34. The number of amides is 3. The van der Waals surface area contributed by atoms with Crippen molar-refractivity contribution in [3.8, 4) is 0 Å². The van der Waals surface area contributed by atoms with Gasteiger partial charge in [0.25, 0.3) is 0 Å². The fourth-order valence-corrected chi connectivity index (χ4v) is 3.35. The van der Waals surface area contributed by atoms with Crippen LogP contribution in [0, 0.1) is 6.92 Å². The molecule has 0 fully saturated rings. The minimum absolute atomic E-state index is 0.354. The molecule has 0 saturated heterocycles. The summed E-state index contributed by atoms with van der Waals surface area (Å²) in [5, 5.41) is 2.14. The van der Waals surface area contributed by atoms with Gasteiger partial charge in [0, 0.05) is 17.6 Å². The zero-order chi connectivity index (χ0) is 14.9.